The molecule has 1 heterocycles. The summed E-state index contributed by atoms with van der Waals surface area (Å²) in [6.07, 6.45) is 2.42. The smallest absolute Gasteiger partial charge is 0.122 e. The molecule has 5 nitrogen and oxygen atoms in total. The molecule has 1 fully saturated rings. The molecule has 0 spiro atoms. The van der Waals surface area contributed by atoms with Gasteiger partial charge in [-0.25, -0.2) is 0 Å². The summed E-state index contributed by atoms with van der Waals surface area (Å²) >= 11 is 0. The first-order chi connectivity index (χ1) is 15.3. The van der Waals surface area contributed by atoms with E-state index in [9.17, 15) is 0 Å². The van der Waals surface area contributed by atoms with Gasteiger partial charge in [0.05, 0.1) is 6.10 Å². The zero-order valence-corrected chi connectivity index (χ0v) is 17.7. The van der Waals surface area contributed by atoms with Gasteiger partial charge < -0.3 is 24.3 Å². The Hall–Kier alpha value is -3.18. The number of nitrogens with one attached hydrogen (secondary N) is 1. The molecule has 5 heteroatoms. The lowest BCUT2D eigenvalue weighted by atomic mass is 10.2. The van der Waals surface area contributed by atoms with Crippen LogP contribution in [-0.2, 0) is 11.3 Å². The second-order valence-corrected chi connectivity index (χ2v) is 7.48. The normalized spacial score (nSPS) is 15.4. The van der Waals surface area contributed by atoms with Crippen LogP contribution in [0.5, 0.6) is 17.2 Å². The zero-order chi connectivity index (χ0) is 21.1. The van der Waals surface area contributed by atoms with Crippen molar-refractivity contribution in [1.29, 1.82) is 0 Å². The molecule has 1 saturated heterocycles. The van der Waals surface area contributed by atoms with Gasteiger partial charge in [0.1, 0.15) is 37.1 Å². The first-order valence-electron chi connectivity index (χ1n) is 10.8. The van der Waals surface area contributed by atoms with E-state index in [1.54, 1.807) is 0 Å². The van der Waals surface area contributed by atoms with Gasteiger partial charge in [-0.15, -0.1) is 0 Å². The maximum absolute atomic E-state index is 5.89. The molecule has 0 bridgehead atoms. The van der Waals surface area contributed by atoms with Crippen LogP contribution in [0.25, 0.3) is 0 Å². The van der Waals surface area contributed by atoms with Gasteiger partial charge in [0, 0.05) is 24.9 Å². The SMILES string of the molecule is c1ccc(OCCOc2cccc(CNc3cccc(OCC4CCCO4)c3)c2)cc1. The quantitative estimate of drug-likeness (QED) is 0.427. The minimum absolute atomic E-state index is 0.220. The molecule has 31 heavy (non-hydrogen) atoms. The molecule has 1 aliphatic rings. The minimum Gasteiger partial charge on any atom is -0.491 e. The monoisotopic (exact) mass is 419 g/mol. The van der Waals surface area contributed by atoms with Gasteiger partial charge in [-0.1, -0.05) is 36.4 Å². The average Bonchev–Trinajstić information content (AvgIpc) is 3.34. The van der Waals surface area contributed by atoms with Gasteiger partial charge in [-0.3, -0.25) is 0 Å². The number of para-hydroxylation sites is 1. The first-order valence-corrected chi connectivity index (χ1v) is 10.8. The number of hydrogen-bond acceptors (Lipinski definition) is 5. The van der Waals surface area contributed by atoms with Crippen molar-refractivity contribution in [3.05, 3.63) is 84.4 Å². The third-order valence-electron chi connectivity index (χ3n) is 5.05. The molecule has 0 aliphatic carbocycles. The van der Waals surface area contributed by atoms with Gasteiger partial charge in [-0.2, -0.15) is 0 Å². The predicted octanol–water partition coefficient (Wildman–Crippen LogP) is 5.31. The molecule has 1 atom stereocenters. The lowest BCUT2D eigenvalue weighted by Gasteiger charge is -2.13. The van der Waals surface area contributed by atoms with Crippen LogP contribution < -0.4 is 19.5 Å². The Kier molecular flexibility index (Phi) is 7.66. The molecule has 3 aromatic carbocycles. The lowest BCUT2D eigenvalue weighted by molar-refractivity contribution is 0.0680. The Morgan fingerprint density at radius 1 is 0.774 bits per heavy atom. The van der Waals surface area contributed by atoms with Crippen molar-refractivity contribution in [2.24, 2.45) is 0 Å². The van der Waals surface area contributed by atoms with Crippen molar-refractivity contribution >= 4 is 5.69 Å². The predicted molar refractivity (Wildman–Crippen MR) is 122 cm³/mol. The van der Waals surface area contributed by atoms with Crippen molar-refractivity contribution in [2.75, 3.05) is 31.7 Å². The number of benzene rings is 3. The number of ether oxygens (including phenoxy) is 4. The summed E-state index contributed by atoms with van der Waals surface area (Å²) < 4.78 is 23.0. The van der Waals surface area contributed by atoms with E-state index >= 15 is 0 Å². The van der Waals surface area contributed by atoms with E-state index in [-0.39, 0.29) is 6.10 Å². The Morgan fingerprint density at radius 3 is 2.32 bits per heavy atom. The van der Waals surface area contributed by atoms with Gasteiger partial charge >= 0.3 is 0 Å². The standard InChI is InChI=1S/C26H29NO4/c1-2-9-23(10-3-1)29-15-16-30-24-11-4-7-21(17-24)19-27-22-8-5-12-25(18-22)31-20-26-13-6-14-28-26/h1-5,7-12,17-18,26-27H,6,13-16,19-20H2. The van der Waals surface area contributed by atoms with Crippen molar-refractivity contribution < 1.29 is 18.9 Å². The number of rotatable bonds is 11. The molecule has 4 rings (SSSR count). The molecular formula is C26H29NO4. The van der Waals surface area contributed by atoms with E-state index in [0.29, 0.717) is 26.4 Å². The Bertz CT molecular complexity index is 925. The largest absolute Gasteiger partial charge is 0.491 e. The Labute approximate surface area is 183 Å². The highest BCUT2D eigenvalue weighted by atomic mass is 16.5. The van der Waals surface area contributed by atoms with Gasteiger partial charge in [0.15, 0.2) is 0 Å². The highest BCUT2D eigenvalue weighted by molar-refractivity contribution is 5.48. The fourth-order valence-electron chi connectivity index (χ4n) is 3.45. The number of hydrogen-bond donors (Lipinski definition) is 1. The van der Waals surface area contributed by atoms with Crippen molar-refractivity contribution in [3.8, 4) is 17.2 Å². The fourth-order valence-corrected chi connectivity index (χ4v) is 3.45. The molecular weight excluding hydrogens is 390 g/mol. The third-order valence-corrected chi connectivity index (χ3v) is 5.05. The first kappa shape index (κ1) is 21.1. The van der Waals surface area contributed by atoms with Gasteiger partial charge in [-0.05, 0) is 54.8 Å². The van der Waals surface area contributed by atoms with Gasteiger partial charge in [0.25, 0.3) is 0 Å². The summed E-state index contributed by atoms with van der Waals surface area (Å²) in [5.74, 6) is 2.55. The van der Waals surface area contributed by atoms with E-state index < -0.39 is 0 Å². The molecule has 0 saturated carbocycles. The number of anilines is 1. The average molecular weight is 420 g/mol. The molecule has 1 unspecified atom stereocenters. The van der Waals surface area contributed by atoms with E-state index in [2.05, 4.69) is 11.4 Å². The summed E-state index contributed by atoms with van der Waals surface area (Å²) in [7, 11) is 0. The molecule has 0 radical (unpaired) electrons. The summed E-state index contributed by atoms with van der Waals surface area (Å²) in [6.45, 7) is 3.16. The van der Waals surface area contributed by atoms with Crippen LogP contribution in [0.15, 0.2) is 78.9 Å². The van der Waals surface area contributed by atoms with Crippen LogP contribution in [0.4, 0.5) is 5.69 Å². The topological polar surface area (TPSA) is 49.0 Å². The molecule has 1 aliphatic heterocycles. The van der Waals surface area contributed by atoms with Crippen LogP contribution >= 0.6 is 0 Å². The van der Waals surface area contributed by atoms with Gasteiger partial charge in [0.2, 0.25) is 0 Å². The molecule has 1 N–H and O–H groups in total. The second-order valence-electron chi connectivity index (χ2n) is 7.48. The third kappa shape index (κ3) is 6.93. The maximum atomic E-state index is 5.89. The molecule has 0 amide bonds. The summed E-state index contributed by atoms with van der Waals surface area (Å²) in [5.41, 5.74) is 2.17. The fraction of sp³-hybridized carbons (Fsp3) is 0.308. The maximum Gasteiger partial charge on any atom is 0.122 e. The molecule has 0 aromatic heterocycles. The molecule has 3 aromatic rings. The van der Waals surface area contributed by atoms with Crippen LogP contribution in [0, 0.1) is 0 Å². The van der Waals surface area contributed by atoms with Crippen LogP contribution in [0.2, 0.25) is 0 Å². The lowest BCUT2D eigenvalue weighted by Crippen LogP contribution is -2.16. The summed E-state index contributed by atoms with van der Waals surface area (Å²) in [4.78, 5) is 0. The second kappa shape index (κ2) is 11.3. The summed E-state index contributed by atoms with van der Waals surface area (Å²) in [5, 5.41) is 3.45. The zero-order valence-electron chi connectivity index (χ0n) is 17.7. The van der Waals surface area contributed by atoms with Crippen molar-refractivity contribution in [1.82, 2.24) is 0 Å². The highest BCUT2D eigenvalue weighted by Crippen LogP contribution is 2.21. The van der Waals surface area contributed by atoms with E-state index in [1.807, 2.05) is 72.8 Å². The molecule has 162 valence electrons. The van der Waals surface area contributed by atoms with E-state index in [0.717, 1.165) is 47.9 Å². The highest BCUT2D eigenvalue weighted by Gasteiger charge is 2.15. The van der Waals surface area contributed by atoms with Crippen LogP contribution in [-0.4, -0.2) is 32.5 Å². The Balaban J connectivity index is 1.22. The Morgan fingerprint density at radius 2 is 1.52 bits per heavy atom. The summed E-state index contributed by atoms with van der Waals surface area (Å²) in [6, 6.07) is 25.9. The van der Waals surface area contributed by atoms with Crippen LogP contribution in [0.3, 0.4) is 0 Å². The van der Waals surface area contributed by atoms with Crippen LogP contribution in [0.1, 0.15) is 18.4 Å². The van der Waals surface area contributed by atoms with Crippen molar-refractivity contribution in [2.45, 2.75) is 25.5 Å². The van der Waals surface area contributed by atoms with E-state index in [1.165, 1.54) is 0 Å². The van der Waals surface area contributed by atoms with Crippen molar-refractivity contribution in [3.63, 3.8) is 0 Å². The van der Waals surface area contributed by atoms with E-state index in [4.69, 9.17) is 18.9 Å². The minimum atomic E-state index is 0.220.